The molecule has 2 heteroatoms. The summed E-state index contributed by atoms with van der Waals surface area (Å²) < 4.78 is 0. The van der Waals surface area contributed by atoms with E-state index in [2.05, 4.69) is 40.7 Å². The lowest BCUT2D eigenvalue weighted by Gasteiger charge is -2.10. The third kappa shape index (κ3) is 2.84. The van der Waals surface area contributed by atoms with E-state index in [1.807, 2.05) is 30.5 Å². The Morgan fingerprint density at radius 2 is 2.00 bits per heavy atom. The lowest BCUT2D eigenvalue weighted by atomic mass is 9.97. The second-order valence-electron chi connectivity index (χ2n) is 4.89. The van der Waals surface area contributed by atoms with Crippen molar-refractivity contribution < 1.29 is 0 Å². The van der Waals surface area contributed by atoms with Crippen molar-refractivity contribution in [3.8, 4) is 0 Å². The fraction of sp³-hybridized carbons (Fsp3) is 0.235. The van der Waals surface area contributed by atoms with Crippen LogP contribution in [0.2, 0.25) is 0 Å². The van der Waals surface area contributed by atoms with Crippen LogP contribution in [-0.4, -0.2) is 11.5 Å². The predicted molar refractivity (Wildman–Crippen MR) is 79.7 cm³/mol. The number of hydrogen-bond donors (Lipinski definition) is 1. The van der Waals surface area contributed by atoms with Crippen molar-refractivity contribution in [1.82, 2.24) is 10.3 Å². The van der Waals surface area contributed by atoms with Gasteiger partial charge in [0, 0.05) is 29.7 Å². The van der Waals surface area contributed by atoms with E-state index in [9.17, 15) is 0 Å². The first-order valence-corrected chi connectivity index (χ1v) is 6.84. The second-order valence-corrected chi connectivity index (χ2v) is 4.89. The average molecular weight is 250 g/mol. The molecule has 1 aliphatic heterocycles. The molecule has 2 aliphatic rings. The highest BCUT2D eigenvalue weighted by Crippen LogP contribution is 2.25. The van der Waals surface area contributed by atoms with Gasteiger partial charge < -0.3 is 5.32 Å². The third-order valence-electron chi connectivity index (χ3n) is 3.61. The van der Waals surface area contributed by atoms with Gasteiger partial charge in [-0.1, -0.05) is 36.4 Å². The van der Waals surface area contributed by atoms with E-state index in [4.69, 9.17) is 0 Å². The monoisotopic (exact) mass is 250 g/mol. The summed E-state index contributed by atoms with van der Waals surface area (Å²) >= 11 is 0. The number of para-hydroxylation sites is 1. The van der Waals surface area contributed by atoms with Crippen molar-refractivity contribution in [1.29, 1.82) is 0 Å². The zero-order valence-corrected chi connectivity index (χ0v) is 10.9. The molecule has 0 amide bonds. The summed E-state index contributed by atoms with van der Waals surface area (Å²) in [6.45, 7) is 1.18. The fourth-order valence-electron chi connectivity index (χ4n) is 2.56. The molecule has 0 spiro atoms. The number of nitrogens with one attached hydrogen (secondary N) is 1. The molecule has 0 saturated carbocycles. The van der Waals surface area contributed by atoms with Crippen LogP contribution in [0, 0.1) is 5.92 Å². The van der Waals surface area contributed by atoms with Crippen molar-refractivity contribution >= 4 is 10.9 Å². The van der Waals surface area contributed by atoms with Crippen LogP contribution in [-0.2, 0) is 0 Å². The van der Waals surface area contributed by atoms with E-state index in [-0.39, 0.29) is 0 Å². The number of allylic oxidation sites excluding steroid dienone is 4. The van der Waals surface area contributed by atoms with Gasteiger partial charge in [0.1, 0.15) is 0 Å². The molecule has 2 heterocycles. The molecule has 96 valence electrons. The first kappa shape index (κ1) is 12.0. The van der Waals surface area contributed by atoms with Crippen LogP contribution in [0.1, 0.15) is 12.8 Å². The molecule has 2 aromatic rings. The maximum Gasteiger partial charge on any atom is 0.0701 e. The van der Waals surface area contributed by atoms with E-state index in [0.717, 1.165) is 11.4 Å². The minimum atomic E-state index is 0.829. The topological polar surface area (TPSA) is 24.9 Å². The summed E-state index contributed by atoms with van der Waals surface area (Å²) in [6, 6.07) is 12.1. The lowest BCUT2D eigenvalue weighted by Crippen LogP contribution is -2.07. The molecule has 4 rings (SSSR count). The van der Waals surface area contributed by atoms with Crippen LogP contribution >= 0.6 is 0 Å². The Morgan fingerprint density at radius 1 is 1.11 bits per heavy atom. The minimum absolute atomic E-state index is 0.829. The van der Waals surface area contributed by atoms with Crippen molar-refractivity contribution in [3.05, 3.63) is 66.5 Å². The van der Waals surface area contributed by atoms with Crippen LogP contribution in [0.3, 0.4) is 0 Å². The average Bonchev–Trinajstić information content (AvgIpc) is 2.96. The highest BCUT2D eigenvalue weighted by atomic mass is 14.9. The predicted octanol–water partition coefficient (Wildman–Crippen LogP) is 3.67. The van der Waals surface area contributed by atoms with Crippen LogP contribution in [0.25, 0.3) is 10.9 Å². The Hall–Kier alpha value is -2.09. The molecule has 1 N–H and O–H groups in total. The molecule has 1 aliphatic carbocycles. The van der Waals surface area contributed by atoms with E-state index in [1.165, 1.54) is 30.5 Å². The van der Waals surface area contributed by atoms with E-state index in [0.29, 0.717) is 0 Å². The molecule has 2 nitrogen and oxygen atoms in total. The Kier molecular flexibility index (Phi) is 3.59. The lowest BCUT2D eigenvalue weighted by molar-refractivity contribution is 0.646. The number of benzene rings is 1. The number of pyridine rings is 1. The molecule has 1 fully saturated rings. The summed E-state index contributed by atoms with van der Waals surface area (Å²) in [6.07, 6.45) is 11.0. The molecular formula is C17H18N2. The largest absolute Gasteiger partial charge is 0.388 e. The van der Waals surface area contributed by atoms with E-state index in [1.54, 1.807) is 0 Å². The maximum atomic E-state index is 4.18. The van der Waals surface area contributed by atoms with Crippen molar-refractivity contribution in [2.24, 2.45) is 5.92 Å². The normalized spacial score (nSPS) is 20.0. The van der Waals surface area contributed by atoms with E-state index < -0.39 is 0 Å². The van der Waals surface area contributed by atoms with Gasteiger partial charge in [0.2, 0.25) is 0 Å². The molecule has 1 aromatic heterocycles. The molecule has 0 bridgehead atoms. The molecular weight excluding hydrogens is 232 g/mol. The summed E-state index contributed by atoms with van der Waals surface area (Å²) in [4.78, 5) is 4.18. The summed E-state index contributed by atoms with van der Waals surface area (Å²) in [7, 11) is 0. The fourth-order valence-corrected chi connectivity index (χ4v) is 2.56. The van der Waals surface area contributed by atoms with Gasteiger partial charge in [-0.15, -0.1) is 0 Å². The van der Waals surface area contributed by atoms with Crippen molar-refractivity contribution in [3.63, 3.8) is 0 Å². The number of rotatable bonds is 0. The van der Waals surface area contributed by atoms with E-state index >= 15 is 0 Å². The summed E-state index contributed by atoms with van der Waals surface area (Å²) in [5.74, 6) is 0.829. The van der Waals surface area contributed by atoms with Crippen molar-refractivity contribution in [2.75, 3.05) is 6.54 Å². The summed E-state index contributed by atoms with van der Waals surface area (Å²) in [5, 5.41) is 4.57. The zero-order chi connectivity index (χ0) is 12.9. The zero-order valence-electron chi connectivity index (χ0n) is 10.9. The highest BCUT2D eigenvalue weighted by Gasteiger charge is 2.19. The number of aromatic nitrogens is 1. The van der Waals surface area contributed by atoms with Crippen LogP contribution in [0.5, 0.6) is 0 Å². The molecule has 0 radical (unpaired) electrons. The van der Waals surface area contributed by atoms with Crippen LogP contribution < -0.4 is 5.32 Å². The Morgan fingerprint density at radius 3 is 2.89 bits per heavy atom. The maximum absolute atomic E-state index is 4.18. The smallest absolute Gasteiger partial charge is 0.0701 e. The van der Waals surface area contributed by atoms with Gasteiger partial charge in [-0.05, 0) is 31.1 Å². The molecule has 1 saturated heterocycles. The SMILES string of the molecule is C1=CCC2CCNC2=C1.c1ccc2ncccc2c1. The number of nitrogens with zero attached hydrogens (tertiary/aromatic N) is 1. The standard InChI is InChI=1S/C9H7N.C8H11N/c1-2-6-9-8(4-1)5-3-7-10-9;1-2-4-8-7(3-1)5-6-9-8/h1-7H;1-2,4,7,9H,3,5-6H2. The van der Waals surface area contributed by atoms with Crippen LogP contribution in [0.15, 0.2) is 66.5 Å². The Balaban J connectivity index is 0.000000117. The van der Waals surface area contributed by atoms with Gasteiger partial charge >= 0.3 is 0 Å². The quantitative estimate of drug-likeness (QED) is 0.771. The second kappa shape index (κ2) is 5.70. The highest BCUT2D eigenvalue weighted by molar-refractivity contribution is 5.77. The molecule has 1 aromatic carbocycles. The Bertz CT molecular complexity index is 548. The van der Waals surface area contributed by atoms with Gasteiger partial charge in [0.25, 0.3) is 0 Å². The van der Waals surface area contributed by atoms with Gasteiger partial charge in [-0.3, -0.25) is 4.98 Å². The minimum Gasteiger partial charge on any atom is -0.388 e. The van der Waals surface area contributed by atoms with Gasteiger partial charge in [-0.25, -0.2) is 0 Å². The third-order valence-corrected chi connectivity index (χ3v) is 3.61. The molecule has 1 unspecified atom stereocenters. The van der Waals surface area contributed by atoms with Gasteiger partial charge in [-0.2, -0.15) is 0 Å². The first-order valence-electron chi connectivity index (χ1n) is 6.84. The van der Waals surface area contributed by atoms with Gasteiger partial charge in [0.05, 0.1) is 5.52 Å². The number of fused-ring (bicyclic) bond motifs is 2. The van der Waals surface area contributed by atoms with Crippen LogP contribution in [0.4, 0.5) is 0 Å². The number of hydrogen-bond acceptors (Lipinski definition) is 2. The molecule has 19 heavy (non-hydrogen) atoms. The van der Waals surface area contributed by atoms with Crippen molar-refractivity contribution in [2.45, 2.75) is 12.8 Å². The summed E-state index contributed by atoms with van der Waals surface area (Å²) in [5.41, 5.74) is 2.52. The first-order chi connectivity index (χ1) is 9.43. The Labute approximate surface area is 113 Å². The molecule has 1 atom stereocenters. The van der Waals surface area contributed by atoms with Gasteiger partial charge in [0.15, 0.2) is 0 Å².